The maximum Gasteiger partial charge on any atom is 0.319 e. The van der Waals surface area contributed by atoms with E-state index in [4.69, 9.17) is 16.0 Å². The molecule has 0 radical (unpaired) electrons. The molecule has 0 spiro atoms. The Balaban J connectivity index is 1.98. The highest BCUT2D eigenvalue weighted by molar-refractivity contribution is 7.98. The maximum atomic E-state index is 12.0. The van der Waals surface area contributed by atoms with Crippen molar-refractivity contribution in [2.75, 3.05) is 18.1 Å². The third kappa shape index (κ3) is 4.19. The molecule has 1 aromatic carbocycles. The number of thioether (sulfide) groups is 1. The lowest BCUT2D eigenvalue weighted by Crippen LogP contribution is -2.40. The maximum absolute atomic E-state index is 12.0. The van der Waals surface area contributed by atoms with Crippen molar-refractivity contribution in [3.8, 4) is 0 Å². The number of nitrogens with one attached hydrogen (secondary N) is 2. The van der Waals surface area contributed by atoms with E-state index < -0.39 is 11.6 Å². The van der Waals surface area contributed by atoms with Gasteiger partial charge in [0.25, 0.3) is 0 Å². The van der Waals surface area contributed by atoms with Crippen LogP contribution < -0.4 is 10.6 Å². The Hall–Kier alpha value is -1.63. The fourth-order valence-corrected chi connectivity index (χ4v) is 2.58. The van der Waals surface area contributed by atoms with Gasteiger partial charge in [-0.2, -0.15) is 0 Å². The largest absolute Gasteiger partial charge is 0.466 e. The van der Waals surface area contributed by atoms with Gasteiger partial charge in [0.1, 0.15) is 11.4 Å². The number of halogens is 1. The van der Waals surface area contributed by atoms with Gasteiger partial charge >= 0.3 is 6.03 Å². The Kier molecular flexibility index (Phi) is 5.39. The molecule has 118 valence electrons. The van der Waals surface area contributed by atoms with Gasteiger partial charge in [0.15, 0.2) is 0 Å². The normalized spacial score (nSPS) is 13.5. The minimum absolute atomic E-state index is 0.0154. The summed E-state index contributed by atoms with van der Waals surface area (Å²) >= 11 is 7.44. The molecule has 0 aliphatic carbocycles. The summed E-state index contributed by atoms with van der Waals surface area (Å²) in [4.78, 5) is 12.9. The molecule has 1 heterocycles. The molecular weight excluding hydrogens is 324 g/mol. The van der Waals surface area contributed by atoms with E-state index in [-0.39, 0.29) is 6.54 Å². The molecule has 0 saturated carbocycles. The van der Waals surface area contributed by atoms with Crippen molar-refractivity contribution in [1.29, 1.82) is 0 Å². The summed E-state index contributed by atoms with van der Waals surface area (Å²) in [6.45, 7) is 1.58. The molecule has 7 heteroatoms. The van der Waals surface area contributed by atoms with Crippen molar-refractivity contribution in [1.82, 2.24) is 5.32 Å². The molecule has 0 aliphatic heterocycles. The van der Waals surface area contributed by atoms with Crippen LogP contribution in [0.4, 0.5) is 10.5 Å². The molecule has 0 aliphatic rings. The Morgan fingerprint density at radius 3 is 2.86 bits per heavy atom. The minimum Gasteiger partial charge on any atom is -0.466 e. The zero-order chi connectivity index (χ0) is 16.2. The van der Waals surface area contributed by atoms with Crippen LogP contribution in [0, 0.1) is 0 Å². The quantitative estimate of drug-likeness (QED) is 0.726. The van der Waals surface area contributed by atoms with Crippen molar-refractivity contribution < 1.29 is 14.3 Å². The lowest BCUT2D eigenvalue weighted by Gasteiger charge is -2.21. The molecule has 0 fully saturated rings. The number of benzene rings is 1. The van der Waals surface area contributed by atoms with Crippen molar-refractivity contribution >= 4 is 35.1 Å². The Morgan fingerprint density at radius 1 is 1.45 bits per heavy atom. The van der Waals surface area contributed by atoms with Crippen LogP contribution in [0.15, 0.2) is 45.9 Å². The van der Waals surface area contributed by atoms with Gasteiger partial charge < -0.3 is 20.2 Å². The topological polar surface area (TPSA) is 74.5 Å². The number of carbonyl (C=O) groups excluding carboxylic acids is 1. The first-order valence-electron chi connectivity index (χ1n) is 6.57. The predicted molar refractivity (Wildman–Crippen MR) is 88.5 cm³/mol. The molecule has 22 heavy (non-hydrogen) atoms. The SMILES string of the molecule is CSc1ccc(Cl)cc1NC(=O)NCC(C)(O)c1ccco1. The Bertz CT molecular complexity index is 644. The highest BCUT2D eigenvalue weighted by Gasteiger charge is 2.26. The van der Waals surface area contributed by atoms with Crippen LogP contribution in [0.25, 0.3) is 0 Å². The van der Waals surface area contributed by atoms with E-state index in [1.807, 2.05) is 12.3 Å². The molecule has 0 bridgehead atoms. The first kappa shape index (κ1) is 16.7. The number of amides is 2. The summed E-state index contributed by atoms with van der Waals surface area (Å²) in [5.41, 5.74) is -0.660. The van der Waals surface area contributed by atoms with E-state index in [1.165, 1.54) is 18.0 Å². The first-order chi connectivity index (χ1) is 10.4. The van der Waals surface area contributed by atoms with Crippen molar-refractivity contribution in [3.63, 3.8) is 0 Å². The number of hydrogen-bond acceptors (Lipinski definition) is 4. The average Bonchev–Trinajstić information content (AvgIpc) is 3.01. The number of aliphatic hydroxyl groups is 1. The van der Waals surface area contributed by atoms with E-state index in [0.29, 0.717) is 16.5 Å². The number of furan rings is 1. The molecule has 5 nitrogen and oxygen atoms in total. The van der Waals surface area contributed by atoms with Gasteiger partial charge in [0, 0.05) is 9.92 Å². The highest BCUT2D eigenvalue weighted by Crippen LogP contribution is 2.28. The molecule has 0 saturated heterocycles. The summed E-state index contributed by atoms with van der Waals surface area (Å²) < 4.78 is 5.16. The van der Waals surface area contributed by atoms with Gasteiger partial charge in [-0.25, -0.2) is 4.79 Å². The number of anilines is 1. The molecule has 3 N–H and O–H groups in total. The lowest BCUT2D eigenvalue weighted by molar-refractivity contribution is 0.0372. The van der Waals surface area contributed by atoms with E-state index in [9.17, 15) is 9.90 Å². The predicted octanol–water partition coefficient (Wildman–Crippen LogP) is 3.68. The smallest absolute Gasteiger partial charge is 0.319 e. The second-order valence-corrected chi connectivity index (χ2v) is 6.19. The lowest BCUT2D eigenvalue weighted by atomic mass is 10.0. The van der Waals surface area contributed by atoms with E-state index in [1.54, 1.807) is 31.2 Å². The summed E-state index contributed by atoms with van der Waals surface area (Å²) in [5.74, 6) is 0.389. The summed E-state index contributed by atoms with van der Waals surface area (Å²) in [6, 6.07) is 8.19. The third-order valence-electron chi connectivity index (χ3n) is 3.05. The van der Waals surface area contributed by atoms with Gasteiger partial charge in [-0.15, -0.1) is 11.8 Å². The van der Waals surface area contributed by atoms with E-state index >= 15 is 0 Å². The van der Waals surface area contributed by atoms with E-state index in [2.05, 4.69) is 10.6 Å². The summed E-state index contributed by atoms with van der Waals surface area (Å²) in [6.07, 6.45) is 3.38. The van der Waals surface area contributed by atoms with Crippen LogP contribution in [0.3, 0.4) is 0 Å². The highest BCUT2D eigenvalue weighted by atomic mass is 35.5. The molecule has 2 amide bonds. The second-order valence-electron chi connectivity index (χ2n) is 4.90. The second kappa shape index (κ2) is 7.09. The molecular formula is C15H17ClN2O3S. The standard InChI is InChI=1S/C15H17ClN2O3S/c1-15(20,13-4-3-7-21-13)9-17-14(19)18-11-8-10(16)5-6-12(11)22-2/h3-8,20H,9H2,1-2H3,(H2,17,18,19). The van der Waals surface area contributed by atoms with Crippen molar-refractivity contribution in [2.45, 2.75) is 17.4 Å². The van der Waals surface area contributed by atoms with Crippen molar-refractivity contribution in [3.05, 3.63) is 47.4 Å². The van der Waals surface area contributed by atoms with Gasteiger partial charge in [-0.05, 0) is 43.5 Å². The number of urea groups is 1. The van der Waals surface area contributed by atoms with Gasteiger partial charge in [-0.1, -0.05) is 11.6 Å². The number of hydrogen-bond donors (Lipinski definition) is 3. The van der Waals surface area contributed by atoms with Gasteiger partial charge in [0.2, 0.25) is 0 Å². The zero-order valence-corrected chi connectivity index (χ0v) is 13.8. The molecule has 2 rings (SSSR count). The van der Waals surface area contributed by atoms with Gasteiger partial charge in [-0.3, -0.25) is 0 Å². The van der Waals surface area contributed by atoms with Crippen LogP contribution >= 0.6 is 23.4 Å². The Labute approximate surface area is 138 Å². The van der Waals surface area contributed by atoms with Crippen LogP contribution in [-0.4, -0.2) is 23.9 Å². The summed E-state index contributed by atoms with van der Waals surface area (Å²) in [7, 11) is 0. The monoisotopic (exact) mass is 340 g/mol. The summed E-state index contributed by atoms with van der Waals surface area (Å²) in [5, 5.41) is 16.2. The molecule has 2 aromatic rings. The van der Waals surface area contributed by atoms with Crippen LogP contribution in [0.2, 0.25) is 5.02 Å². The zero-order valence-electron chi connectivity index (χ0n) is 12.2. The van der Waals surface area contributed by atoms with Crippen LogP contribution in [0.5, 0.6) is 0 Å². The molecule has 1 unspecified atom stereocenters. The fourth-order valence-electron chi connectivity index (χ4n) is 1.87. The first-order valence-corrected chi connectivity index (χ1v) is 8.17. The Morgan fingerprint density at radius 2 is 2.23 bits per heavy atom. The van der Waals surface area contributed by atoms with Gasteiger partial charge in [0.05, 0.1) is 18.5 Å². The molecule has 1 aromatic heterocycles. The van der Waals surface area contributed by atoms with E-state index in [0.717, 1.165) is 4.90 Å². The van der Waals surface area contributed by atoms with Crippen LogP contribution in [-0.2, 0) is 5.60 Å². The minimum atomic E-state index is -1.28. The number of carbonyl (C=O) groups is 1. The van der Waals surface area contributed by atoms with Crippen molar-refractivity contribution in [2.24, 2.45) is 0 Å². The number of rotatable bonds is 5. The van der Waals surface area contributed by atoms with Crippen LogP contribution in [0.1, 0.15) is 12.7 Å². The third-order valence-corrected chi connectivity index (χ3v) is 4.09. The fraction of sp³-hybridized carbons (Fsp3) is 0.267. The average molecular weight is 341 g/mol. The molecule has 1 atom stereocenters.